The first kappa shape index (κ1) is 7.97. The van der Waals surface area contributed by atoms with Gasteiger partial charge in [-0.25, -0.2) is 0 Å². The Balaban J connectivity index is 3.94. The van der Waals surface area contributed by atoms with Gasteiger partial charge >= 0.3 is 60.6 Å². The van der Waals surface area contributed by atoms with Crippen LogP contribution in [0.5, 0.6) is 0 Å². The Kier molecular flexibility index (Phi) is 3.89. The number of nitrogens with zero attached hydrogens (tertiary/aromatic N) is 1. The monoisotopic (exact) mass is 279 g/mol. The summed E-state index contributed by atoms with van der Waals surface area (Å²) in [7, 11) is 0. The predicted octanol–water partition coefficient (Wildman–Crippen LogP) is 1.33. The number of aliphatic imine (C=N–C) groups is 1. The van der Waals surface area contributed by atoms with Gasteiger partial charge in [0.15, 0.2) is 0 Å². The van der Waals surface area contributed by atoms with Crippen LogP contribution in [0, 0.1) is 0 Å². The minimum atomic E-state index is 0.998. The molecule has 0 aliphatic heterocycles. The van der Waals surface area contributed by atoms with Crippen molar-refractivity contribution in [2.75, 3.05) is 0 Å². The molecule has 0 unspecified atom stereocenters. The van der Waals surface area contributed by atoms with Crippen molar-refractivity contribution in [3.05, 3.63) is 11.8 Å². The SMILES string of the molecule is C=NC(C)=C[C](C)=[W]. The molecule has 2 heteroatoms. The van der Waals surface area contributed by atoms with Gasteiger partial charge in [0.25, 0.3) is 0 Å². The van der Waals surface area contributed by atoms with Crippen molar-refractivity contribution >= 4 is 10.6 Å². The quantitative estimate of drug-likeness (QED) is 0.676. The summed E-state index contributed by atoms with van der Waals surface area (Å²) in [5, 5.41) is 0. The van der Waals surface area contributed by atoms with Crippen LogP contribution >= 0.6 is 0 Å². The van der Waals surface area contributed by atoms with Crippen molar-refractivity contribution in [3.63, 3.8) is 0 Å². The molecule has 8 heavy (non-hydrogen) atoms. The molecule has 44 valence electrons. The van der Waals surface area contributed by atoms with Crippen LogP contribution in [-0.2, 0) is 19.4 Å². The molecule has 0 bridgehead atoms. The molecule has 0 rings (SSSR count). The molecule has 0 saturated carbocycles. The van der Waals surface area contributed by atoms with Crippen LogP contribution in [0.4, 0.5) is 0 Å². The van der Waals surface area contributed by atoms with Crippen LogP contribution in [0.3, 0.4) is 0 Å². The Morgan fingerprint density at radius 3 is 2.25 bits per heavy atom. The van der Waals surface area contributed by atoms with E-state index in [0.29, 0.717) is 0 Å². The fourth-order valence-electron chi connectivity index (χ4n) is 0.340. The van der Waals surface area contributed by atoms with Gasteiger partial charge in [0.2, 0.25) is 0 Å². The van der Waals surface area contributed by atoms with Crippen LogP contribution in [0.1, 0.15) is 13.8 Å². The summed E-state index contributed by atoms with van der Waals surface area (Å²) in [5.74, 6) is 0. The Morgan fingerprint density at radius 2 is 2.12 bits per heavy atom. The zero-order chi connectivity index (χ0) is 6.57. The molecule has 0 aliphatic rings. The zero-order valence-corrected chi connectivity index (χ0v) is 8.07. The minimum absolute atomic E-state index is 0.998. The van der Waals surface area contributed by atoms with Crippen molar-refractivity contribution in [2.45, 2.75) is 13.8 Å². The summed E-state index contributed by atoms with van der Waals surface area (Å²) in [5.41, 5.74) is 0.998. The number of rotatable bonds is 2. The predicted molar refractivity (Wildman–Crippen MR) is 34.0 cm³/mol. The summed E-state index contributed by atoms with van der Waals surface area (Å²) in [6.07, 6.45) is 2.03. The third-order valence-electron chi connectivity index (χ3n) is 0.662. The second kappa shape index (κ2) is 3.91. The van der Waals surface area contributed by atoms with Crippen molar-refractivity contribution in [2.24, 2.45) is 4.99 Å². The van der Waals surface area contributed by atoms with Gasteiger partial charge in [0, 0.05) is 0 Å². The van der Waals surface area contributed by atoms with E-state index in [1.54, 1.807) is 0 Å². The van der Waals surface area contributed by atoms with Gasteiger partial charge in [-0.2, -0.15) is 0 Å². The van der Waals surface area contributed by atoms with Crippen LogP contribution in [-0.4, -0.2) is 10.6 Å². The van der Waals surface area contributed by atoms with Gasteiger partial charge in [-0.15, -0.1) is 0 Å². The number of allylic oxidation sites excluding steroid dienone is 2. The standard InChI is InChI=1S/C6H9N.W/c1-4-5-6(2)7-3;/h5H,3H2,1-2H3;. The van der Waals surface area contributed by atoms with Gasteiger partial charge in [0.1, 0.15) is 0 Å². The van der Waals surface area contributed by atoms with Crippen molar-refractivity contribution in [1.82, 2.24) is 0 Å². The van der Waals surface area contributed by atoms with E-state index in [4.69, 9.17) is 0 Å². The third kappa shape index (κ3) is 4.14. The summed E-state index contributed by atoms with van der Waals surface area (Å²) >= 11 is 1.49. The molecular weight excluding hydrogens is 270 g/mol. The topological polar surface area (TPSA) is 12.4 Å². The molecule has 0 amide bonds. The third-order valence-corrected chi connectivity index (χ3v) is 1.08. The maximum atomic E-state index is 3.73. The van der Waals surface area contributed by atoms with Gasteiger partial charge in [0.05, 0.1) is 0 Å². The Hall–Kier alpha value is -0.0317. The van der Waals surface area contributed by atoms with E-state index in [-0.39, 0.29) is 0 Å². The second-order valence-electron chi connectivity index (χ2n) is 1.55. The van der Waals surface area contributed by atoms with Gasteiger partial charge in [-0.05, 0) is 0 Å². The Labute approximate surface area is 60.9 Å². The fourth-order valence-corrected chi connectivity index (χ4v) is 0.953. The van der Waals surface area contributed by atoms with E-state index >= 15 is 0 Å². The van der Waals surface area contributed by atoms with E-state index < -0.39 is 0 Å². The van der Waals surface area contributed by atoms with Crippen molar-refractivity contribution < 1.29 is 19.4 Å². The van der Waals surface area contributed by atoms with Gasteiger partial charge in [-0.1, -0.05) is 0 Å². The molecule has 0 spiro atoms. The summed E-state index contributed by atoms with van der Waals surface area (Å²) < 4.78 is 1.34. The average molecular weight is 279 g/mol. The van der Waals surface area contributed by atoms with Gasteiger partial charge in [-0.3, -0.25) is 0 Å². The second-order valence-corrected chi connectivity index (χ2v) is 3.87. The van der Waals surface area contributed by atoms with Crippen LogP contribution in [0.2, 0.25) is 0 Å². The first-order chi connectivity index (χ1) is 3.66. The van der Waals surface area contributed by atoms with Crippen LogP contribution in [0.15, 0.2) is 16.8 Å². The molecule has 0 aliphatic carbocycles. The van der Waals surface area contributed by atoms with E-state index in [0.717, 1.165) is 5.70 Å². The normalized spacial score (nSPS) is 11.0. The van der Waals surface area contributed by atoms with E-state index in [9.17, 15) is 0 Å². The summed E-state index contributed by atoms with van der Waals surface area (Å²) in [6, 6.07) is 0. The molecule has 0 aromatic carbocycles. The van der Waals surface area contributed by atoms with E-state index in [2.05, 4.69) is 18.6 Å². The molecule has 0 atom stereocenters. The molecule has 0 aromatic rings. The molecule has 0 heterocycles. The molecule has 1 nitrogen and oxygen atoms in total. The number of hydrogen-bond acceptors (Lipinski definition) is 1. The van der Waals surface area contributed by atoms with Crippen LogP contribution < -0.4 is 0 Å². The average Bonchev–Trinajstić information content (AvgIpc) is 1.65. The Morgan fingerprint density at radius 1 is 1.62 bits per heavy atom. The summed E-state index contributed by atoms with van der Waals surface area (Å²) in [4.78, 5) is 3.73. The fraction of sp³-hybridized carbons (Fsp3) is 0.333. The first-order valence-electron chi connectivity index (χ1n) is 2.32. The number of hydrogen-bond donors (Lipinski definition) is 0. The molecule has 0 N–H and O–H groups in total. The van der Waals surface area contributed by atoms with E-state index in [1.807, 2.05) is 13.0 Å². The molecule has 0 radical (unpaired) electrons. The van der Waals surface area contributed by atoms with E-state index in [1.165, 1.54) is 23.3 Å². The Bertz CT molecular complexity index is 135. The molecule has 0 fully saturated rings. The van der Waals surface area contributed by atoms with Crippen LogP contribution in [0.25, 0.3) is 0 Å². The maximum absolute atomic E-state index is 3.73. The first-order valence-corrected chi connectivity index (χ1v) is 3.79. The van der Waals surface area contributed by atoms with Crippen molar-refractivity contribution in [3.8, 4) is 0 Å². The van der Waals surface area contributed by atoms with Crippen molar-refractivity contribution in [1.29, 1.82) is 0 Å². The molecular formula is C6H9NW. The molecule has 0 saturated heterocycles. The van der Waals surface area contributed by atoms with Gasteiger partial charge < -0.3 is 0 Å². The zero-order valence-electron chi connectivity index (χ0n) is 5.14. The summed E-state index contributed by atoms with van der Waals surface area (Å²) in [6.45, 7) is 7.41. The molecule has 0 aromatic heterocycles.